The molecule has 60 heavy (non-hydrogen) atoms. The van der Waals surface area contributed by atoms with Crippen molar-refractivity contribution in [1.82, 2.24) is 16.0 Å². The number of hydrogen-bond acceptors (Lipinski definition) is 9. The van der Waals surface area contributed by atoms with Crippen LogP contribution in [0.4, 0.5) is 18.9 Å². The molecule has 4 aliphatic rings. The summed E-state index contributed by atoms with van der Waals surface area (Å²) in [6, 6.07) is 33.0. The average Bonchev–Trinajstić information content (AvgIpc) is 4.09. The Morgan fingerprint density at radius 2 is 1.33 bits per heavy atom. The van der Waals surface area contributed by atoms with Crippen molar-refractivity contribution in [1.29, 1.82) is 0 Å². The van der Waals surface area contributed by atoms with Crippen molar-refractivity contribution in [3.8, 4) is 5.75 Å². The maximum atomic E-state index is 12.4. The lowest BCUT2D eigenvalue weighted by molar-refractivity contribution is -0.117. The van der Waals surface area contributed by atoms with Gasteiger partial charge in [-0.2, -0.15) is 21.6 Å². The van der Waals surface area contributed by atoms with Crippen LogP contribution in [0.5, 0.6) is 5.75 Å². The normalized spacial score (nSPS) is 21.4. The van der Waals surface area contributed by atoms with Gasteiger partial charge in [-0.3, -0.25) is 9.59 Å². The second kappa shape index (κ2) is 20.2. The van der Waals surface area contributed by atoms with Crippen LogP contribution in [0, 0.1) is 0 Å². The Balaban J connectivity index is 0.000000172. The van der Waals surface area contributed by atoms with Crippen LogP contribution in [0.25, 0.3) is 12.2 Å². The summed E-state index contributed by atoms with van der Waals surface area (Å²) in [5.74, 6) is -0.994. The molecule has 4 fully saturated rings. The van der Waals surface area contributed by atoms with Crippen molar-refractivity contribution in [2.45, 2.75) is 68.6 Å². The second-order valence-corrected chi connectivity index (χ2v) is 16.4. The molecule has 6 atom stereocenters. The van der Waals surface area contributed by atoms with E-state index in [4.69, 9.17) is 9.47 Å². The maximum absolute atomic E-state index is 12.4. The fraction of sp³-hybridized carbons (Fsp3) is 0.333. The Morgan fingerprint density at radius 1 is 0.767 bits per heavy atom. The van der Waals surface area contributed by atoms with Crippen LogP contribution < -0.4 is 25.0 Å². The van der Waals surface area contributed by atoms with Crippen LogP contribution >= 0.6 is 0 Å². The number of ether oxygens (including phenoxy) is 2. The van der Waals surface area contributed by atoms with Crippen molar-refractivity contribution in [3.63, 3.8) is 0 Å². The number of nitrogens with one attached hydrogen (secondary N) is 3. The lowest BCUT2D eigenvalue weighted by Gasteiger charge is -2.29. The third kappa shape index (κ3) is 12.5. The van der Waals surface area contributed by atoms with Crippen molar-refractivity contribution < 1.29 is 44.8 Å². The number of carbonyl (C=O) groups is 2. The van der Waals surface area contributed by atoms with Crippen molar-refractivity contribution in [3.05, 3.63) is 144 Å². The summed E-state index contributed by atoms with van der Waals surface area (Å²) in [5.41, 5.74) is -0.958. The molecule has 318 valence electrons. The van der Waals surface area contributed by atoms with E-state index in [2.05, 4.69) is 49.3 Å². The average molecular weight is 847 g/mol. The molecule has 0 spiro atoms. The molecule has 0 saturated carbocycles. The minimum Gasteiger partial charge on any atom is -0.376 e. The highest BCUT2D eigenvalue weighted by molar-refractivity contribution is 7.88. The number of hydrogen-bond donors (Lipinski definition) is 3. The Kier molecular flexibility index (Phi) is 14.8. The Hall–Kier alpha value is -5.48. The summed E-state index contributed by atoms with van der Waals surface area (Å²) < 4.78 is 74.4. The number of halogens is 3. The smallest absolute Gasteiger partial charge is 0.376 e. The highest BCUT2D eigenvalue weighted by Gasteiger charge is 2.48. The second-order valence-electron chi connectivity index (χ2n) is 14.9. The molecule has 2 amide bonds. The van der Waals surface area contributed by atoms with E-state index in [0.29, 0.717) is 29.9 Å². The predicted molar refractivity (Wildman–Crippen MR) is 224 cm³/mol. The Morgan fingerprint density at radius 3 is 1.78 bits per heavy atom. The van der Waals surface area contributed by atoms with Crippen LogP contribution in [-0.2, 0) is 29.2 Å². The first-order valence-corrected chi connectivity index (χ1v) is 21.1. The molecule has 4 heterocycles. The number of benzene rings is 4. The van der Waals surface area contributed by atoms with Gasteiger partial charge in [0, 0.05) is 37.0 Å². The summed E-state index contributed by atoms with van der Waals surface area (Å²) in [6.45, 7) is 7.45. The predicted octanol–water partition coefficient (Wildman–Crippen LogP) is 7.11. The van der Waals surface area contributed by atoms with E-state index >= 15 is 0 Å². The van der Waals surface area contributed by atoms with Crippen LogP contribution in [0.2, 0.25) is 0 Å². The van der Waals surface area contributed by atoms with Crippen molar-refractivity contribution >= 4 is 39.8 Å². The summed E-state index contributed by atoms with van der Waals surface area (Å²) >= 11 is 0. The highest BCUT2D eigenvalue weighted by Crippen LogP contribution is 2.34. The zero-order valence-electron chi connectivity index (χ0n) is 33.3. The fourth-order valence-corrected chi connectivity index (χ4v) is 7.60. The van der Waals surface area contributed by atoms with E-state index in [-0.39, 0.29) is 11.9 Å². The van der Waals surface area contributed by atoms with Gasteiger partial charge in [0.05, 0.1) is 43.5 Å². The number of alkyl halides is 3. The third-order valence-corrected chi connectivity index (χ3v) is 11.3. The first-order chi connectivity index (χ1) is 28.7. The van der Waals surface area contributed by atoms with Crippen LogP contribution in [-0.4, -0.2) is 76.3 Å². The van der Waals surface area contributed by atoms with E-state index in [1.807, 2.05) is 73.7 Å². The molecule has 4 aromatic rings. The molecule has 8 rings (SSSR count). The van der Waals surface area contributed by atoms with Gasteiger partial charge in [-0.15, -0.1) is 0 Å². The van der Waals surface area contributed by atoms with Gasteiger partial charge in [-0.25, -0.2) is 0 Å². The molecule has 4 aliphatic heterocycles. The monoisotopic (exact) mass is 846 g/mol. The number of carbonyl (C=O) groups excluding carboxylic acids is 2. The highest BCUT2D eigenvalue weighted by atomic mass is 32.2. The topological polar surface area (TPSA) is 135 Å². The van der Waals surface area contributed by atoms with Crippen molar-refractivity contribution in [2.75, 3.05) is 31.2 Å². The van der Waals surface area contributed by atoms with Crippen LogP contribution in [0.3, 0.4) is 0 Å². The number of anilines is 1. The van der Waals surface area contributed by atoms with Gasteiger partial charge in [0.25, 0.3) is 0 Å². The third-order valence-electron chi connectivity index (χ3n) is 10.3. The quantitative estimate of drug-likeness (QED) is 0.0821. The summed E-state index contributed by atoms with van der Waals surface area (Å²) in [4.78, 5) is 26.6. The molecule has 0 radical (unpaired) electrons. The van der Waals surface area contributed by atoms with Gasteiger partial charge in [0.1, 0.15) is 5.75 Å². The molecule has 0 aliphatic carbocycles. The first kappa shape index (κ1) is 44.1. The molecule has 4 bridgehead atoms. The van der Waals surface area contributed by atoms with E-state index in [1.54, 1.807) is 19.1 Å². The number of morpholine rings is 2. The lowest BCUT2D eigenvalue weighted by Crippen LogP contribution is -2.37. The van der Waals surface area contributed by atoms with Gasteiger partial charge in [-0.1, -0.05) is 84.9 Å². The van der Waals surface area contributed by atoms with Crippen LogP contribution in [0.15, 0.2) is 121 Å². The van der Waals surface area contributed by atoms with Crippen LogP contribution in [0.1, 0.15) is 61.0 Å². The van der Waals surface area contributed by atoms with E-state index in [1.165, 1.54) is 30.3 Å². The van der Waals surface area contributed by atoms with E-state index in [0.717, 1.165) is 61.5 Å². The standard InChI is InChI=1S/C22H24N2O2.C18H16F3NO4S.C5H9NO/c1-16(23-22(25)11-10-17-6-3-2-4-7-17)18-8-5-9-19(12-18)24-14-21-13-20(24)15-26-21;1-13(22-17(23)11-10-14-6-3-2-4-7-14)15-8-5-9-16(12-15)26-27(24,25)18(19,20)21;1-4-3-7-5(1)2-6-4/h2-12,16,20-21H,13-15H2,1H3,(H,23,25);2-13H,1H3,(H,22,23);4-6H,1-3H2/b2*11-10+;/t16-,20?,21?;13-;/m00./s1. The molecular weight excluding hydrogens is 798 g/mol. The molecule has 3 N–H and O–H groups in total. The summed E-state index contributed by atoms with van der Waals surface area (Å²) in [6.07, 6.45) is 9.67. The molecule has 0 aromatic heterocycles. The fourth-order valence-electron chi connectivity index (χ4n) is 7.15. The molecule has 4 saturated heterocycles. The SMILES string of the molecule is C1OC2CNC1C2.C[C@H](NC(=O)/C=C/c1ccccc1)c1cccc(N2CC3CC2CO3)c1.C[C@H](NC(=O)/C=C/c1ccccc1)c1cccc(OS(=O)(=O)C(F)(F)F)c1. The zero-order chi connectivity index (χ0) is 42.7. The number of fused-ring (bicyclic) bond motifs is 4. The summed E-state index contributed by atoms with van der Waals surface area (Å²) in [7, 11) is -5.75. The van der Waals surface area contributed by atoms with Gasteiger partial charge < -0.3 is 34.5 Å². The lowest BCUT2D eigenvalue weighted by atomic mass is 10.1. The molecule has 15 heteroatoms. The van der Waals surface area contributed by atoms with E-state index < -0.39 is 33.3 Å². The van der Waals surface area contributed by atoms with Gasteiger partial charge in [-0.05, 0) is 85.4 Å². The molecule has 4 aromatic carbocycles. The molecule has 4 unspecified atom stereocenters. The minimum absolute atomic E-state index is 0.0427. The minimum atomic E-state index is -5.75. The maximum Gasteiger partial charge on any atom is 0.534 e. The van der Waals surface area contributed by atoms with E-state index in [9.17, 15) is 31.2 Å². The first-order valence-electron chi connectivity index (χ1n) is 19.7. The number of nitrogens with zero attached hydrogens (tertiary/aromatic N) is 1. The van der Waals surface area contributed by atoms with Gasteiger partial charge >= 0.3 is 15.6 Å². The summed E-state index contributed by atoms with van der Waals surface area (Å²) in [5, 5.41) is 9.01. The zero-order valence-corrected chi connectivity index (χ0v) is 34.1. The Bertz CT molecular complexity index is 2210. The van der Waals surface area contributed by atoms with Crippen molar-refractivity contribution in [2.24, 2.45) is 0 Å². The van der Waals surface area contributed by atoms with Gasteiger partial charge in [0.15, 0.2) is 0 Å². The van der Waals surface area contributed by atoms with Gasteiger partial charge in [0.2, 0.25) is 11.8 Å². The largest absolute Gasteiger partial charge is 0.534 e. The Labute approximate surface area is 348 Å². The molecular formula is C45H49F3N4O7S. The number of rotatable bonds is 11. The molecule has 11 nitrogen and oxygen atoms in total. The number of amides is 2.